The fourth-order valence-electron chi connectivity index (χ4n) is 3.18. The van der Waals surface area contributed by atoms with Crippen LogP contribution in [0.3, 0.4) is 0 Å². The summed E-state index contributed by atoms with van der Waals surface area (Å²) in [7, 11) is 0. The molecule has 2 aromatic carbocycles. The van der Waals surface area contributed by atoms with Crippen molar-refractivity contribution in [2.24, 2.45) is 4.99 Å². The average molecular weight is 357 g/mol. The lowest BCUT2D eigenvalue weighted by molar-refractivity contribution is -0.0681. The van der Waals surface area contributed by atoms with Gasteiger partial charge in [-0.2, -0.15) is 8.78 Å². The van der Waals surface area contributed by atoms with E-state index >= 15 is 0 Å². The van der Waals surface area contributed by atoms with E-state index in [1.54, 1.807) is 30.5 Å². The Bertz CT molecular complexity index is 1030. The third-order valence-electron chi connectivity index (χ3n) is 4.64. The first kappa shape index (κ1) is 16.2. The Hall–Kier alpha value is -2.33. The fourth-order valence-corrected chi connectivity index (χ4v) is 3.40. The predicted octanol–water partition coefficient (Wildman–Crippen LogP) is 5.61. The van der Waals surface area contributed by atoms with Crippen LogP contribution in [0.1, 0.15) is 30.5 Å². The predicted molar refractivity (Wildman–Crippen MR) is 96.8 cm³/mol. The monoisotopic (exact) mass is 356 g/mol. The molecule has 1 aliphatic rings. The zero-order chi connectivity index (χ0) is 17.8. The number of benzene rings is 2. The van der Waals surface area contributed by atoms with Crippen LogP contribution in [0.5, 0.6) is 0 Å². The van der Waals surface area contributed by atoms with E-state index in [0.717, 1.165) is 10.9 Å². The molecule has 5 heteroatoms. The molecule has 0 atom stereocenters. The van der Waals surface area contributed by atoms with E-state index in [4.69, 9.17) is 11.6 Å². The Morgan fingerprint density at radius 2 is 1.76 bits per heavy atom. The van der Waals surface area contributed by atoms with Crippen LogP contribution in [0.4, 0.5) is 8.78 Å². The molecule has 0 N–H and O–H groups in total. The van der Waals surface area contributed by atoms with Gasteiger partial charge in [-0.05, 0) is 26.0 Å². The maximum Gasteiger partial charge on any atom is 0.297 e. The van der Waals surface area contributed by atoms with Crippen molar-refractivity contribution in [2.45, 2.75) is 25.3 Å². The van der Waals surface area contributed by atoms with Crippen LogP contribution in [0.25, 0.3) is 10.9 Å². The van der Waals surface area contributed by atoms with Gasteiger partial charge in [-0.3, -0.25) is 9.98 Å². The van der Waals surface area contributed by atoms with Crippen molar-refractivity contribution in [2.75, 3.05) is 0 Å². The van der Waals surface area contributed by atoms with E-state index < -0.39 is 11.5 Å². The highest BCUT2D eigenvalue weighted by Gasteiger charge is 2.52. The highest BCUT2D eigenvalue weighted by atomic mass is 35.5. The maximum atomic E-state index is 14.8. The van der Waals surface area contributed by atoms with E-state index in [1.807, 2.05) is 18.2 Å². The quantitative estimate of drug-likeness (QED) is 0.556. The van der Waals surface area contributed by atoms with Gasteiger partial charge < -0.3 is 0 Å². The van der Waals surface area contributed by atoms with Crippen molar-refractivity contribution in [3.63, 3.8) is 0 Å². The van der Waals surface area contributed by atoms with Crippen LogP contribution in [0.15, 0.2) is 59.7 Å². The van der Waals surface area contributed by atoms with Crippen molar-refractivity contribution in [1.29, 1.82) is 0 Å². The molecule has 1 aliphatic heterocycles. The van der Waals surface area contributed by atoms with Gasteiger partial charge in [-0.1, -0.05) is 48.0 Å². The number of aromatic nitrogens is 1. The van der Waals surface area contributed by atoms with Crippen molar-refractivity contribution in [1.82, 2.24) is 4.98 Å². The molecule has 0 radical (unpaired) electrons. The Morgan fingerprint density at radius 3 is 2.56 bits per heavy atom. The molecule has 0 spiro atoms. The largest absolute Gasteiger partial charge is 0.297 e. The topological polar surface area (TPSA) is 25.2 Å². The minimum Gasteiger partial charge on any atom is -0.271 e. The summed E-state index contributed by atoms with van der Waals surface area (Å²) in [6.45, 7) is 2.91. The standard InChI is InChI=1S/C20H15ClF2N2/c1-19(2)20(22,23)15-6-4-3-5-13(15)18(25-19)12-7-8-14-16(21)9-10-24-17(14)11-12/h3-11H,1-2H3. The zero-order valence-corrected chi connectivity index (χ0v) is 14.5. The molecular weight excluding hydrogens is 342 g/mol. The van der Waals surface area contributed by atoms with Gasteiger partial charge in [0.15, 0.2) is 0 Å². The van der Waals surface area contributed by atoms with Crippen LogP contribution < -0.4 is 0 Å². The molecule has 4 rings (SSSR count). The number of hydrogen-bond donors (Lipinski definition) is 0. The smallest absolute Gasteiger partial charge is 0.271 e. The molecule has 2 nitrogen and oxygen atoms in total. The number of nitrogens with zero attached hydrogens (tertiary/aromatic N) is 2. The Morgan fingerprint density at radius 1 is 1.00 bits per heavy atom. The fraction of sp³-hybridized carbons (Fsp3) is 0.200. The molecular formula is C20H15ClF2N2. The average Bonchev–Trinajstić information content (AvgIpc) is 2.58. The van der Waals surface area contributed by atoms with Gasteiger partial charge in [0.25, 0.3) is 5.92 Å². The second-order valence-corrected chi connectivity index (χ2v) is 7.07. The van der Waals surface area contributed by atoms with Crippen molar-refractivity contribution >= 4 is 28.2 Å². The van der Waals surface area contributed by atoms with Crippen LogP contribution in [-0.4, -0.2) is 16.2 Å². The first-order valence-corrected chi connectivity index (χ1v) is 8.31. The SMILES string of the molecule is CC1(C)N=C(c2ccc3c(Cl)ccnc3c2)c2ccccc2C1(F)F. The molecule has 0 saturated heterocycles. The van der Waals surface area contributed by atoms with Gasteiger partial charge in [-0.25, -0.2) is 0 Å². The number of pyridine rings is 1. The van der Waals surface area contributed by atoms with Crippen LogP contribution in [-0.2, 0) is 5.92 Å². The Kier molecular flexibility index (Phi) is 3.45. The first-order chi connectivity index (χ1) is 11.8. The van der Waals surface area contributed by atoms with E-state index in [9.17, 15) is 8.78 Å². The maximum absolute atomic E-state index is 14.8. The summed E-state index contributed by atoms with van der Waals surface area (Å²) in [6.07, 6.45) is 1.63. The molecule has 0 saturated carbocycles. The molecule has 0 amide bonds. The normalized spacial score (nSPS) is 17.9. The molecule has 1 aromatic heterocycles. The number of fused-ring (bicyclic) bond motifs is 2. The highest BCUT2D eigenvalue weighted by Crippen LogP contribution is 2.46. The number of rotatable bonds is 1. The Balaban J connectivity index is 1.97. The molecule has 25 heavy (non-hydrogen) atoms. The van der Waals surface area contributed by atoms with Gasteiger partial charge >= 0.3 is 0 Å². The summed E-state index contributed by atoms with van der Waals surface area (Å²) < 4.78 is 29.7. The molecule has 3 aromatic rings. The van der Waals surface area contributed by atoms with Gasteiger partial charge in [0.1, 0.15) is 5.54 Å². The number of alkyl halides is 2. The van der Waals surface area contributed by atoms with Crippen LogP contribution >= 0.6 is 11.6 Å². The molecule has 0 fully saturated rings. The lowest BCUT2D eigenvalue weighted by Gasteiger charge is -2.37. The summed E-state index contributed by atoms with van der Waals surface area (Å²) in [5.41, 5.74) is 0.930. The molecule has 0 bridgehead atoms. The molecule has 0 aliphatic carbocycles. The van der Waals surface area contributed by atoms with E-state index in [1.165, 1.54) is 19.9 Å². The van der Waals surface area contributed by atoms with Crippen molar-refractivity contribution in [3.05, 3.63) is 76.4 Å². The third-order valence-corrected chi connectivity index (χ3v) is 4.97. The Labute approximate surface area is 149 Å². The van der Waals surface area contributed by atoms with Gasteiger partial charge in [-0.15, -0.1) is 0 Å². The summed E-state index contributed by atoms with van der Waals surface area (Å²) in [5.74, 6) is -3.04. The van der Waals surface area contributed by atoms with Crippen molar-refractivity contribution in [3.8, 4) is 0 Å². The molecule has 0 unspecified atom stereocenters. The minimum absolute atomic E-state index is 0.00384. The summed E-state index contributed by atoms with van der Waals surface area (Å²) in [6, 6.07) is 13.8. The van der Waals surface area contributed by atoms with Crippen LogP contribution in [0, 0.1) is 0 Å². The first-order valence-electron chi connectivity index (χ1n) is 7.93. The highest BCUT2D eigenvalue weighted by molar-refractivity contribution is 6.35. The number of halogens is 3. The zero-order valence-electron chi connectivity index (χ0n) is 13.7. The summed E-state index contributed by atoms with van der Waals surface area (Å²) in [5, 5.41) is 1.43. The van der Waals surface area contributed by atoms with E-state index in [2.05, 4.69) is 9.98 Å². The minimum atomic E-state index is -3.04. The van der Waals surface area contributed by atoms with E-state index in [0.29, 0.717) is 21.8 Å². The van der Waals surface area contributed by atoms with Gasteiger partial charge in [0.2, 0.25) is 0 Å². The van der Waals surface area contributed by atoms with Crippen molar-refractivity contribution < 1.29 is 8.78 Å². The summed E-state index contributed by atoms with van der Waals surface area (Å²) in [4.78, 5) is 8.74. The summed E-state index contributed by atoms with van der Waals surface area (Å²) >= 11 is 6.19. The molecule has 2 heterocycles. The van der Waals surface area contributed by atoms with Gasteiger partial charge in [0, 0.05) is 28.3 Å². The second kappa shape index (κ2) is 5.33. The van der Waals surface area contributed by atoms with E-state index in [-0.39, 0.29) is 5.56 Å². The number of aliphatic imine (C=N–C) groups is 1. The molecule has 126 valence electrons. The lowest BCUT2D eigenvalue weighted by atomic mass is 9.81. The second-order valence-electron chi connectivity index (χ2n) is 6.66. The number of hydrogen-bond acceptors (Lipinski definition) is 2. The van der Waals surface area contributed by atoms with Gasteiger partial charge in [0.05, 0.1) is 16.3 Å². The lowest BCUT2D eigenvalue weighted by Crippen LogP contribution is -2.44. The third kappa shape index (κ3) is 2.35. The van der Waals surface area contributed by atoms with Crippen LogP contribution in [0.2, 0.25) is 5.02 Å².